The molecule has 0 spiro atoms. The molecule has 2 atom stereocenters. The first-order valence-electron chi connectivity index (χ1n) is 13.6. The molecule has 2 heterocycles. The second kappa shape index (κ2) is 11.7. The summed E-state index contributed by atoms with van der Waals surface area (Å²) in [5.41, 5.74) is 1.30. The van der Waals surface area contributed by atoms with E-state index in [1.165, 1.54) is 34.2 Å². The Hall–Kier alpha value is -4.28. The number of carbonyl (C=O) groups is 3. The number of nitrogens with zero attached hydrogens (tertiary/aromatic N) is 4. The Morgan fingerprint density at radius 1 is 1.05 bits per heavy atom. The minimum atomic E-state index is -2.78. The first-order valence-corrected chi connectivity index (χ1v) is 13.6. The second-order valence-corrected chi connectivity index (χ2v) is 10.5. The van der Waals surface area contributed by atoms with E-state index >= 15 is 0 Å². The van der Waals surface area contributed by atoms with Gasteiger partial charge in [-0.25, -0.2) is 13.2 Å². The first kappa shape index (κ1) is 28.3. The fourth-order valence-corrected chi connectivity index (χ4v) is 5.57. The molecule has 1 aliphatic heterocycles. The molecule has 41 heavy (non-hydrogen) atoms. The Balaban J connectivity index is 1.58. The van der Waals surface area contributed by atoms with Crippen LogP contribution in [0.1, 0.15) is 55.7 Å². The van der Waals surface area contributed by atoms with Crippen LogP contribution in [0, 0.1) is 12.7 Å². The van der Waals surface area contributed by atoms with Crippen molar-refractivity contribution in [2.24, 2.45) is 0 Å². The molecule has 2 unspecified atom stereocenters. The fourth-order valence-electron chi connectivity index (χ4n) is 5.57. The van der Waals surface area contributed by atoms with Gasteiger partial charge in [-0.2, -0.15) is 5.10 Å². The van der Waals surface area contributed by atoms with E-state index in [1.807, 2.05) is 0 Å². The minimum absolute atomic E-state index is 0.0709. The summed E-state index contributed by atoms with van der Waals surface area (Å²) in [7, 11) is 0. The number of alkyl halides is 2. The van der Waals surface area contributed by atoms with Gasteiger partial charge in [-0.1, -0.05) is 30.3 Å². The predicted molar refractivity (Wildman–Crippen MR) is 146 cm³/mol. The molecule has 0 bridgehead atoms. The molecule has 1 N–H and O–H groups in total. The van der Waals surface area contributed by atoms with Gasteiger partial charge in [0.05, 0.1) is 0 Å². The van der Waals surface area contributed by atoms with Crippen LogP contribution in [0.15, 0.2) is 66.9 Å². The van der Waals surface area contributed by atoms with Crippen molar-refractivity contribution in [2.75, 3.05) is 9.80 Å². The molecule has 0 radical (unpaired) electrons. The van der Waals surface area contributed by atoms with Gasteiger partial charge in [0.1, 0.15) is 17.9 Å². The van der Waals surface area contributed by atoms with Gasteiger partial charge in [-0.3, -0.25) is 24.2 Å². The number of rotatable bonds is 7. The highest BCUT2D eigenvalue weighted by atomic mass is 19.3. The summed E-state index contributed by atoms with van der Waals surface area (Å²) in [6.45, 7) is 1.79. The van der Waals surface area contributed by atoms with Crippen LogP contribution < -0.4 is 15.1 Å². The summed E-state index contributed by atoms with van der Waals surface area (Å²) in [4.78, 5) is 44.0. The number of halogens is 3. The number of nitrogens with one attached hydrogen (secondary N) is 1. The summed E-state index contributed by atoms with van der Waals surface area (Å²) in [6.07, 6.45) is 1.14. The number of amides is 3. The average Bonchev–Trinajstić information content (AvgIpc) is 3.34. The van der Waals surface area contributed by atoms with Crippen LogP contribution in [0.4, 0.5) is 24.7 Å². The molecule has 1 saturated carbocycles. The van der Waals surface area contributed by atoms with Crippen LogP contribution in [0.25, 0.3) is 0 Å². The fraction of sp³-hybridized carbons (Fsp3) is 0.367. The second-order valence-electron chi connectivity index (χ2n) is 10.5. The van der Waals surface area contributed by atoms with E-state index < -0.39 is 41.7 Å². The normalized spacial score (nSPS) is 19.6. The van der Waals surface area contributed by atoms with Gasteiger partial charge in [-0.15, -0.1) is 5.10 Å². The van der Waals surface area contributed by atoms with Crippen molar-refractivity contribution < 1.29 is 27.6 Å². The van der Waals surface area contributed by atoms with Crippen LogP contribution in [0.5, 0.6) is 0 Å². The Labute approximate surface area is 235 Å². The van der Waals surface area contributed by atoms with Crippen molar-refractivity contribution in [2.45, 2.75) is 69.5 Å². The van der Waals surface area contributed by atoms with E-state index in [0.717, 1.165) is 6.07 Å². The van der Waals surface area contributed by atoms with Crippen molar-refractivity contribution in [3.8, 4) is 0 Å². The minimum Gasteiger partial charge on any atom is -0.351 e. The van der Waals surface area contributed by atoms with Gasteiger partial charge in [-0.05, 0) is 67.6 Å². The van der Waals surface area contributed by atoms with Crippen LogP contribution in [0.2, 0.25) is 0 Å². The molecule has 1 aliphatic carbocycles. The third-order valence-electron chi connectivity index (χ3n) is 7.68. The van der Waals surface area contributed by atoms with E-state index in [9.17, 15) is 27.6 Å². The summed E-state index contributed by atoms with van der Waals surface area (Å²) >= 11 is 0. The summed E-state index contributed by atoms with van der Waals surface area (Å²) < 4.78 is 42.2. The molecule has 2 aliphatic rings. The first-order chi connectivity index (χ1) is 19.6. The smallest absolute Gasteiger partial charge is 0.251 e. The highest BCUT2D eigenvalue weighted by Crippen LogP contribution is 2.36. The molecule has 1 saturated heterocycles. The highest BCUT2D eigenvalue weighted by Gasteiger charge is 2.45. The largest absolute Gasteiger partial charge is 0.351 e. The van der Waals surface area contributed by atoms with Crippen molar-refractivity contribution in [1.29, 1.82) is 0 Å². The van der Waals surface area contributed by atoms with Crippen molar-refractivity contribution in [3.05, 3.63) is 83.8 Å². The number of hydrogen-bond acceptors (Lipinski definition) is 5. The van der Waals surface area contributed by atoms with E-state index in [1.54, 1.807) is 43.3 Å². The zero-order valence-electron chi connectivity index (χ0n) is 22.5. The van der Waals surface area contributed by atoms with Gasteiger partial charge in [0.25, 0.3) is 5.91 Å². The molecule has 5 rings (SSSR count). The lowest BCUT2D eigenvalue weighted by atomic mass is 9.91. The quantitative estimate of drug-likeness (QED) is 0.440. The summed E-state index contributed by atoms with van der Waals surface area (Å²) in [5.74, 6) is -4.73. The summed E-state index contributed by atoms with van der Waals surface area (Å²) in [5, 5.41) is 10.7. The third kappa shape index (κ3) is 6.08. The Morgan fingerprint density at radius 3 is 2.49 bits per heavy atom. The standard InChI is InChI=1S/C30H30F3N5O3/c1-19-6-2-3-9-23(19)27(28(40)35-21-13-15-30(32,33)16-14-21)37(22-8-4-7-20(31)18-22)29(41)24-11-12-26(39)38(24)25-10-5-17-34-36-25/h2-10,17-18,21,24,27H,11-16H2,1H3,(H,35,40). The number of carbonyl (C=O) groups excluding carboxylic acids is 3. The maximum Gasteiger partial charge on any atom is 0.251 e. The van der Waals surface area contributed by atoms with Crippen LogP contribution >= 0.6 is 0 Å². The van der Waals surface area contributed by atoms with Crippen molar-refractivity contribution in [3.63, 3.8) is 0 Å². The van der Waals surface area contributed by atoms with Crippen molar-refractivity contribution in [1.82, 2.24) is 15.5 Å². The van der Waals surface area contributed by atoms with Crippen LogP contribution in [0.3, 0.4) is 0 Å². The molecular weight excluding hydrogens is 535 g/mol. The molecular formula is C30H30F3N5O3. The maximum absolute atomic E-state index is 14.6. The molecule has 11 heteroatoms. The van der Waals surface area contributed by atoms with E-state index in [4.69, 9.17) is 0 Å². The topological polar surface area (TPSA) is 95.5 Å². The molecule has 214 valence electrons. The monoisotopic (exact) mass is 565 g/mol. The third-order valence-corrected chi connectivity index (χ3v) is 7.68. The van der Waals surface area contributed by atoms with Crippen molar-refractivity contribution >= 4 is 29.2 Å². The molecule has 2 aromatic carbocycles. The molecule has 2 fully saturated rings. The lowest BCUT2D eigenvalue weighted by Gasteiger charge is -2.37. The van der Waals surface area contributed by atoms with Gasteiger partial charge in [0.15, 0.2) is 5.82 Å². The summed E-state index contributed by atoms with van der Waals surface area (Å²) in [6, 6.07) is 12.7. The molecule has 1 aromatic heterocycles. The number of aryl methyl sites for hydroxylation is 1. The molecule has 3 aromatic rings. The highest BCUT2D eigenvalue weighted by molar-refractivity contribution is 6.10. The van der Waals surface area contributed by atoms with E-state index in [2.05, 4.69) is 15.5 Å². The van der Waals surface area contributed by atoms with Gasteiger partial charge in [0, 0.05) is 37.2 Å². The van der Waals surface area contributed by atoms with Crippen LogP contribution in [-0.2, 0) is 14.4 Å². The lowest BCUT2D eigenvalue weighted by molar-refractivity contribution is -0.128. The zero-order chi connectivity index (χ0) is 29.1. The molecule has 8 nitrogen and oxygen atoms in total. The lowest BCUT2D eigenvalue weighted by Crippen LogP contribution is -2.53. The van der Waals surface area contributed by atoms with E-state index in [0.29, 0.717) is 11.1 Å². The number of aromatic nitrogens is 2. The SMILES string of the molecule is Cc1ccccc1C(C(=O)NC1CCC(F)(F)CC1)N(C(=O)C1CCC(=O)N1c1cccnn1)c1cccc(F)c1. The van der Waals surface area contributed by atoms with Gasteiger partial charge in [0.2, 0.25) is 17.7 Å². The predicted octanol–water partition coefficient (Wildman–Crippen LogP) is 4.89. The van der Waals surface area contributed by atoms with Gasteiger partial charge < -0.3 is 5.32 Å². The molecule has 3 amide bonds. The number of hydrogen-bond donors (Lipinski definition) is 1. The Kier molecular flexibility index (Phi) is 8.05. The number of benzene rings is 2. The maximum atomic E-state index is 14.6. The van der Waals surface area contributed by atoms with Gasteiger partial charge >= 0.3 is 0 Å². The zero-order valence-corrected chi connectivity index (χ0v) is 22.5. The number of anilines is 2. The average molecular weight is 566 g/mol. The van der Waals surface area contributed by atoms with Crippen LogP contribution in [-0.4, -0.2) is 45.9 Å². The Morgan fingerprint density at radius 2 is 1.80 bits per heavy atom. The Bertz CT molecular complexity index is 1430. The van der Waals surface area contributed by atoms with E-state index in [-0.39, 0.29) is 55.9 Å².